The van der Waals surface area contributed by atoms with E-state index in [4.69, 9.17) is 9.15 Å². The standard InChI is InChI=1S/C18H26N2O4/c1-13-16(18(22)23-2)11-15(24-13)12-19-7-9-20(10-8-19)17(21)14-5-3-4-6-14/h11,14H,3-10,12H2,1-2H3. The monoisotopic (exact) mass is 334 g/mol. The van der Waals surface area contributed by atoms with Crippen molar-refractivity contribution in [2.45, 2.75) is 39.2 Å². The smallest absolute Gasteiger partial charge is 0.341 e. The SMILES string of the molecule is COC(=O)c1cc(CN2CCN(C(=O)C3CCCC3)CC2)oc1C. The Morgan fingerprint density at radius 2 is 1.88 bits per heavy atom. The summed E-state index contributed by atoms with van der Waals surface area (Å²) in [6.07, 6.45) is 4.50. The minimum Gasteiger partial charge on any atom is -0.465 e. The molecule has 0 bridgehead atoms. The van der Waals surface area contributed by atoms with Crippen LogP contribution in [0.1, 0.15) is 47.6 Å². The van der Waals surface area contributed by atoms with E-state index in [1.165, 1.54) is 20.0 Å². The van der Waals surface area contributed by atoms with Gasteiger partial charge in [0, 0.05) is 32.1 Å². The molecule has 6 heteroatoms. The highest BCUT2D eigenvalue weighted by Gasteiger charge is 2.29. The predicted octanol–water partition coefficient (Wildman–Crippen LogP) is 2.21. The Morgan fingerprint density at radius 1 is 1.21 bits per heavy atom. The molecule has 2 aliphatic rings. The maximum atomic E-state index is 12.5. The highest BCUT2D eigenvalue weighted by molar-refractivity contribution is 5.90. The van der Waals surface area contributed by atoms with E-state index in [1.807, 2.05) is 4.90 Å². The van der Waals surface area contributed by atoms with Gasteiger partial charge in [0.05, 0.1) is 13.7 Å². The Labute approximate surface area is 142 Å². The molecule has 2 fully saturated rings. The first kappa shape index (κ1) is 17.0. The lowest BCUT2D eigenvalue weighted by Gasteiger charge is -2.35. The maximum absolute atomic E-state index is 12.5. The summed E-state index contributed by atoms with van der Waals surface area (Å²) in [6.45, 7) is 5.66. The van der Waals surface area contributed by atoms with Gasteiger partial charge in [0.25, 0.3) is 0 Å². The third-order valence-corrected chi connectivity index (χ3v) is 5.14. The van der Waals surface area contributed by atoms with Gasteiger partial charge in [-0.25, -0.2) is 4.79 Å². The highest BCUT2D eigenvalue weighted by Crippen LogP contribution is 2.27. The highest BCUT2D eigenvalue weighted by atomic mass is 16.5. The molecule has 2 heterocycles. The summed E-state index contributed by atoms with van der Waals surface area (Å²) in [5.74, 6) is 1.59. The predicted molar refractivity (Wildman–Crippen MR) is 88.6 cm³/mol. The summed E-state index contributed by atoms with van der Waals surface area (Å²) in [7, 11) is 1.37. The second kappa shape index (κ2) is 7.38. The van der Waals surface area contributed by atoms with Gasteiger partial charge in [0.1, 0.15) is 17.1 Å². The molecule has 1 saturated heterocycles. The molecule has 1 amide bonds. The molecule has 0 radical (unpaired) electrons. The molecule has 0 unspecified atom stereocenters. The Balaban J connectivity index is 1.52. The Bertz CT molecular complexity index is 596. The lowest BCUT2D eigenvalue weighted by atomic mass is 10.1. The summed E-state index contributed by atoms with van der Waals surface area (Å²) in [5.41, 5.74) is 0.488. The third kappa shape index (κ3) is 3.64. The van der Waals surface area contributed by atoms with Crippen molar-refractivity contribution in [3.63, 3.8) is 0 Å². The van der Waals surface area contributed by atoms with Gasteiger partial charge in [-0.3, -0.25) is 9.69 Å². The van der Waals surface area contributed by atoms with Crippen molar-refractivity contribution in [2.75, 3.05) is 33.3 Å². The number of rotatable bonds is 4. The van der Waals surface area contributed by atoms with E-state index in [0.29, 0.717) is 23.8 Å². The molecule has 0 N–H and O–H groups in total. The fourth-order valence-corrected chi connectivity index (χ4v) is 3.71. The number of aryl methyl sites for hydroxylation is 1. The molecule has 1 aliphatic carbocycles. The summed E-state index contributed by atoms with van der Waals surface area (Å²) in [4.78, 5) is 28.4. The molecule has 6 nitrogen and oxygen atoms in total. The molecule has 1 saturated carbocycles. The van der Waals surface area contributed by atoms with Crippen LogP contribution < -0.4 is 0 Å². The zero-order valence-corrected chi connectivity index (χ0v) is 14.5. The molecular weight excluding hydrogens is 308 g/mol. The number of furan rings is 1. The zero-order chi connectivity index (χ0) is 17.1. The first-order valence-electron chi connectivity index (χ1n) is 8.77. The van der Waals surface area contributed by atoms with Gasteiger partial charge in [-0.2, -0.15) is 0 Å². The number of hydrogen-bond acceptors (Lipinski definition) is 5. The Morgan fingerprint density at radius 3 is 2.50 bits per heavy atom. The molecule has 132 valence electrons. The zero-order valence-electron chi connectivity index (χ0n) is 14.5. The van der Waals surface area contributed by atoms with Gasteiger partial charge in [0.15, 0.2) is 0 Å². The van der Waals surface area contributed by atoms with Crippen molar-refractivity contribution >= 4 is 11.9 Å². The van der Waals surface area contributed by atoms with E-state index >= 15 is 0 Å². The third-order valence-electron chi connectivity index (χ3n) is 5.14. The summed E-state index contributed by atoms with van der Waals surface area (Å²) in [6, 6.07) is 1.76. The topological polar surface area (TPSA) is 63.0 Å². The van der Waals surface area contributed by atoms with Gasteiger partial charge < -0.3 is 14.1 Å². The Kier molecular flexibility index (Phi) is 5.23. The normalized spacial score (nSPS) is 19.7. The van der Waals surface area contributed by atoms with Gasteiger partial charge in [-0.1, -0.05) is 12.8 Å². The molecule has 1 aromatic rings. The number of nitrogens with zero attached hydrogens (tertiary/aromatic N) is 2. The van der Waals surface area contributed by atoms with Crippen molar-refractivity contribution < 1.29 is 18.7 Å². The van der Waals surface area contributed by atoms with Crippen LogP contribution in [-0.2, 0) is 16.1 Å². The largest absolute Gasteiger partial charge is 0.465 e. The van der Waals surface area contributed by atoms with Crippen LogP contribution in [0.3, 0.4) is 0 Å². The summed E-state index contributed by atoms with van der Waals surface area (Å²) >= 11 is 0. The van der Waals surface area contributed by atoms with Crippen molar-refractivity contribution in [3.05, 3.63) is 23.2 Å². The average Bonchev–Trinajstić information content (AvgIpc) is 3.24. The van der Waals surface area contributed by atoms with Crippen LogP contribution in [0.5, 0.6) is 0 Å². The van der Waals surface area contributed by atoms with Gasteiger partial charge >= 0.3 is 5.97 Å². The molecule has 0 atom stereocenters. The van der Waals surface area contributed by atoms with E-state index in [0.717, 1.165) is 44.8 Å². The van der Waals surface area contributed by atoms with E-state index in [-0.39, 0.29) is 11.9 Å². The summed E-state index contributed by atoms with van der Waals surface area (Å²) in [5, 5.41) is 0. The van der Waals surface area contributed by atoms with Crippen LogP contribution in [0.15, 0.2) is 10.5 Å². The van der Waals surface area contributed by atoms with Crippen LogP contribution >= 0.6 is 0 Å². The molecule has 1 aliphatic heterocycles. The van der Waals surface area contributed by atoms with Crippen LogP contribution in [0.25, 0.3) is 0 Å². The lowest BCUT2D eigenvalue weighted by molar-refractivity contribution is -0.137. The van der Waals surface area contributed by atoms with Crippen molar-refractivity contribution in [3.8, 4) is 0 Å². The molecule has 0 aromatic carbocycles. The van der Waals surface area contributed by atoms with Crippen LogP contribution in [0, 0.1) is 12.8 Å². The quantitative estimate of drug-likeness (QED) is 0.790. The van der Waals surface area contributed by atoms with Crippen LogP contribution in [0.2, 0.25) is 0 Å². The number of amides is 1. The van der Waals surface area contributed by atoms with E-state index in [1.54, 1.807) is 13.0 Å². The van der Waals surface area contributed by atoms with Gasteiger partial charge in [-0.05, 0) is 25.8 Å². The first-order chi connectivity index (χ1) is 11.6. The average molecular weight is 334 g/mol. The second-order valence-electron chi connectivity index (χ2n) is 6.76. The molecule has 3 rings (SSSR count). The molecule has 24 heavy (non-hydrogen) atoms. The number of esters is 1. The summed E-state index contributed by atoms with van der Waals surface area (Å²) < 4.78 is 10.4. The number of carbonyl (C=O) groups is 2. The van der Waals surface area contributed by atoms with Crippen LogP contribution in [0.4, 0.5) is 0 Å². The minimum atomic E-state index is -0.366. The van der Waals surface area contributed by atoms with Crippen molar-refractivity contribution in [1.29, 1.82) is 0 Å². The number of methoxy groups -OCH3 is 1. The second-order valence-corrected chi connectivity index (χ2v) is 6.76. The lowest BCUT2D eigenvalue weighted by Crippen LogP contribution is -2.49. The molecule has 0 spiro atoms. The van der Waals surface area contributed by atoms with Crippen molar-refractivity contribution in [1.82, 2.24) is 9.80 Å². The van der Waals surface area contributed by atoms with E-state index in [9.17, 15) is 9.59 Å². The van der Waals surface area contributed by atoms with E-state index < -0.39 is 0 Å². The van der Waals surface area contributed by atoms with Gasteiger partial charge in [0.2, 0.25) is 5.91 Å². The number of piperazine rings is 1. The molecular formula is C18H26N2O4. The first-order valence-corrected chi connectivity index (χ1v) is 8.77. The molecule has 1 aromatic heterocycles. The van der Waals surface area contributed by atoms with Crippen molar-refractivity contribution in [2.24, 2.45) is 5.92 Å². The Hall–Kier alpha value is -1.82. The fourth-order valence-electron chi connectivity index (χ4n) is 3.71. The van der Waals surface area contributed by atoms with Crippen LogP contribution in [-0.4, -0.2) is 55.0 Å². The maximum Gasteiger partial charge on any atom is 0.341 e. The number of ether oxygens (including phenoxy) is 1. The number of carbonyl (C=O) groups excluding carboxylic acids is 2. The fraction of sp³-hybridized carbons (Fsp3) is 0.667. The minimum absolute atomic E-state index is 0.256. The number of hydrogen-bond donors (Lipinski definition) is 0. The van der Waals surface area contributed by atoms with Gasteiger partial charge in [-0.15, -0.1) is 0 Å². The van der Waals surface area contributed by atoms with E-state index in [2.05, 4.69) is 4.90 Å².